The zero-order valence-corrected chi connectivity index (χ0v) is 14.2. The van der Waals surface area contributed by atoms with Gasteiger partial charge in [-0.05, 0) is 36.8 Å². The Hall–Kier alpha value is -3.55. The summed E-state index contributed by atoms with van der Waals surface area (Å²) in [5.41, 5.74) is 3.44. The minimum atomic E-state index is -0.419. The van der Waals surface area contributed by atoms with Gasteiger partial charge in [-0.2, -0.15) is 5.10 Å². The van der Waals surface area contributed by atoms with Crippen LogP contribution in [0.25, 0.3) is 0 Å². The first-order chi connectivity index (χ1) is 12.6. The summed E-state index contributed by atoms with van der Waals surface area (Å²) in [7, 11) is 1.61. The van der Waals surface area contributed by atoms with Crippen LogP contribution in [-0.4, -0.2) is 32.6 Å². The minimum Gasteiger partial charge on any atom is -0.497 e. The molecule has 0 amide bonds. The lowest BCUT2D eigenvalue weighted by molar-refractivity contribution is -0.384. The van der Waals surface area contributed by atoms with Crippen LogP contribution in [0.5, 0.6) is 5.75 Å². The molecular weight excluding hydrogens is 334 g/mol. The highest BCUT2D eigenvalue weighted by Gasteiger charge is 2.22. The number of nitro benzene ring substituents is 1. The van der Waals surface area contributed by atoms with Crippen molar-refractivity contribution in [1.82, 2.24) is 14.9 Å². The summed E-state index contributed by atoms with van der Waals surface area (Å²) >= 11 is 0. The van der Waals surface area contributed by atoms with Gasteiger partial charge in [0.2, 0.25) is 0 Å². The van der Waals surface area contributed by atoms with E-state index >= 15 is 0 Å². The van der Waals surface area contributed by atoms with Crippen LogP contribution >= 0.6 is 0 Å². The number of benzene rings is 2. The fourth-order valence-electron chi connectivity index (χ4n) is 2.98. The Kier molecular flexibility index (Phi) is 3.72. The van der Waals surface area contributed by atoms with Crippen molar-refractivity contribution < 1.29 is 9.66 Å². The van der Waals surface area contributed by atoms with Crippen molar-refractivity contribution in [2.75, 3.05) is 7.11 Å². The highest BCUT2D eigenvalue weighted by Crippen LogP contribution is 2.27. The van der Waals surface area contributed by atoms with Gasteiger partial charge in [-0.3, -0.25) is 10.1 Å². The molecule has 0 aliphatic carbocycles. The van der Waals surface area contributed by atoms with E-state index in [1.165, 1.54) is 12.1 Å². The molecule has 0 saturated carbocycles. The number of non-ortho nitro benzene ring substituents is 1. The van der Waals surface area contributed by atoms with E-state index in [1.807, 2.05) is 25.1 Å². The summed E-state index contributed by atoms with van der Waals surface area (Å²) in [6, 6.07) is 12.1. The van der Waals surface area contributed by atoms with Crippen LogP contribution in [0.1, 0.15) is 28.3 Å². The molecular formula is C18H15N5O3. The molecule has 0 unspecified atom stereocenters. The summed E-state index contributed by atoms with van der Waals surface area (Å²) < 4.78 is 7.07. The van der Waals surface area contributed by atoms with Crippen molar-refractivity contribution in [1.29, 1.82) is 0 Å². The largest absolute Gasteiger partial charge is 0.497 e. The maximum Gasteiger partial charge on any atom is 0.269 e. The van der Waals surface area contributed by atoms with Gasteiger partial charge in [-0.1, -0.05) is 6.07 Å². The first-order valence-corrected chi connectivity index (χ1v) is 7.99. The lowest BCUT2D eigenvalue weighted by Gasteiger charge is -2.11. The van der Waals surface area contributed by atoms with Crippen molar-refractivity contribution >= 4 is 11.4 Å². The highest BCUT2D eigenvalue weighted by atomic mass is 16.6. The molecule has 2 heterocycles. The molecule has 0 fully saturated rings. The smallest absolute Gasteiger partial charge is 0.269 e. The fraction of sp³-hybridized carbons (Fsp3) is 0.167. The van der Waals surface area contributed by atoms with Gasteiger partial charge in [0, 0.05) is 29.7 Å². The molecule has 1 aromatic heterocycles. The Morgan fingerprint density at radius 3 is 2.62 bits per heavy atom. The van der Waals surface area contributed by atoms with Gasteiger partial charge in [0.05, 0.1) is 17.7 Å². The first-order valence-electron chi connectivity index (χ1n) is 7.99. The molecule has 0 saturated heterocycles. The molecule has 2 aromatic carbocycles. The Morgan fingerprint density at radius 2 is 1.92 bits per heavy atom. The molecule has 0 bridgehead atoms. The molecule has 0 N–H and O–H groups in total. The molecule has 0 spiro atoms. The van der Waals surface area contributed by atoms with Crippen LogP contribution in [0.3, 0.4) is 0 Å². The van der Waals surface area contributed by atoms with E-state index in [0.29, 0.717) is 23.7 Å². The number of hydrogen-bond donors (Lipinski definition) is 0. The highest BCUT2D eigenvalue weighted by molar-refractivity contribution is 6.14. The van der Waals surface area contributed by atoms with Gasteiger partial charge in [-0.25, -0.2) is 4.68 Å². The third-order valence-electron chi connectivity index (χ3n) is 4.33. The summed E-state index contributed by atoms with van der Waals surface area (Å²) in [5.74, 6) is 2.14. The van der Waals surface area contributed by atoms with Crippen molar-refractivity contribution in [2.45, 2.75) is 13.3 Å². The van der Waals surface area contributed by atoms with Crippen LogP contribution < -0.4 is 4.74 Å². The van der Waals surface area contributed by atoms with Crippen LogP contribution in [0.4, 0.5) is 5.69 Å². The molecule has 26 heavy (non-hydrogen) atoms. The van der Waals surface area contributed by atoms with Gasteiger partial charge >= 0.3 is 0 Å². The van der Waals surface area contributed by atoms with E-state index < -0.39 is 4.92 Å². The second kappa shape index (κ2) is 6.07. The number of aryl methyl sites for hydroxylation is 1. The average molecular weight is 349 g/mol. The average Bonchev–Trinajstić information content (AvgIpc) is 2.90. The quantitative estimate of drug-likeness (QED) is 0.418. The SMILES string of the molecule is COc1ccc2c(c1)C(c1ccc([N+](=O)[O-])cc1)=Nn1c(C)nnc1C2. The van der Waals surface area contributed by atoms with Crippen LogP contribution in [0, 0.1) is 17.0 Å². The number of nitrogens with zero attached hydrogens (tertiary/aromatic N) is 5. The van der Waals surface area contributed by atoms with Crippen molar-refractivity contribution in [3.63, 3.8) is 0 Å². The lowest BCUT2D eigenvalue weighted by Crippen LogP contribution is -2.08. The number of rotatable bonds is 3. The summed E-state index contributed by atoms with van der Waals surface area (Å²) in [6.07, 6.45) is 0.583. The second-order valence-electron chi connectivity index (χ2n) is 5.93. The number of methoxy groups -OCH3 is 1. The third kappa shape index (κ3) is 2.61. The second-order valence-corrected chi connectivity index (χ2v) is 5.93. The lowest BCUT2D eigenvalue weighted by atomic mass is 9.95. The maximum absolute atomic E-state index is 10.9. The molecule has 8 heteroatoms. The Bertz CT molecular complexity index is 1040. The number of ether oxygens (including phenoxy) is 1. The van der Waals surface area contributed by atoms with Gasteiger partial charge in [-0.15, -0.1) is 10.2 Å². The van der Waals surface area contributed by atoms with Crippen molar-refractivity contribution in [3.8, 4) is 5.75 Å². The Balaban J connectivity index is 1.93. The van der Waals surface area contributed by atoms with E-state index in [2.05, 4.69) is 10.2 Å². The van der Waals surface area contributed by atoms with Gasteiger partial charge in [0.1, 0.15) is 5.75 Å². The molecule has 0 atom stereocenters. The predicted molar refractivity (Wildman–Crippen MR) is 94.7 cm³/mol. The first kappa shape index (κ1) is 15.9. The Labute approximate surface area is 148 Å². The molecule has 4 rings (SSSR count). The van der Waals surface area contributed by atoms with E-state index in [4.69, 9.17) is 9.84 Å². The molecule has 1 aliphatic heterocycles. The summed E-state index contributed by atoms with van der Waals surface area (Å²) in [4.78, 5) is 10.5. The maximum atomic E-state index is 10.9. The summed E-state index contributed by atoms with van der Waals surface area (Å²) in [6.45, 7) is 1.84. The number of hydrogen-bond acceptors (Lipinski definition) is 6. The third-order valence-corrected chi connectivity index (χ3v) is 4.33. The normalized spacial score (nSPS) is 12.6. The van der Waals surface area contributed by atoms with Crippen molar-refractivity contribution in [2.24, 2.45) is 5.10 Å². The van der Waals surface area contributed by atoms with E-state index in [-0.39, 0.29) is 5.69 Å². The molecule has 3 aromatic rings. The van der Waals surface area contributed by atoms with Crippen LogP contribution in [0.15, 0.2) is 47.6 Å². The van der Waals surface area contributed by atoms with Crippen molar-refractivity contribution in [3.05, 3.63) is 80.9 Å². The zero-order valence-electron chi connectivity index (χ0n) is 14.2. The standard InChI is InChI=1S/C18H15N5O3/c1-11-19-20-17-9-13-5-8-15(26-2)10-16(13)18(21-22(11)17)12-3-6-14(7-4-12)23(24)25/h3-8,10H,9H2,1-2H3. The summed E-state index contributed by atoms with van der Waals surface area (Å²) in [5, 5.41) is 24.0. The Morgan fingerprint density at radius 1 is 1.15 bits per heavy atom. The zero-order chi connectivity index (χ0) is 18.3. The number of nitro groups is 1. The van der Waals surface area contributed by atoms with E-state index in [0.717, 1.165) is 22.5 Å². The van der Waals surface area contributed by atoms with Gasteiger partial charge in [0.25, 0.3) is 5.69 Å². The molecule has 0 radical (unpaired) electrons. The van der Waals surface area contributed by atoms with Gasteiger partial charge in [0.15, 0.2) is 11.6 Å². The molecule has 130 valence electrons. The molecule has 8 nitrogen and oxygen atoms in total. The number of aromatic nitrogens is 3. The van der Waals surface area contributed by atoms with E-state index in [1.54, 1.807) is 23.9 Å². The van der Waals surface area contributed by atoms with Gasteiger partial charge < -0.3 is 4.74 Å². The minimum absolute atomic E-state index is 0.0370. The predicted octanol–water partition coefficient (Wildman–Crippen LogP) is 2.71. The monoisotopic (exact) mass is 349 g/mol. The number of fused-ring (bicyclic) bond motifs is 2. The molecule has 1 aliphatic rings. The van der Waals surface area contributed by atoms with E-state index in [9.17, 15) is 10.1 Å². The van der Waals surface area contributed by atoms with Crippen LogP contribution in [0.2, 0.25) is 0 Å². The fourth-order valence-corrected chi connectivity index (χ4v) is 2.98. The van der Waals surface area contributed by atoms with Crippen LogP contribution in [-0.2, 0) is 6.42 Å². The topological polar surface area (TPSA) is 95.4 Å².